The number of aromatic nitrogens is 1. The third-order valence-corrected chi connectivity index (χ3v) is 2.75. The van der Waals surface area contributed by atoms with E-state index in [4.69, 9.17) is 12.2 Å². The van der Waals surface area contributed by atoms with Gasteiger partial charge in [-0.1, -0.05) is 17.4 Å². The van der Waals surface area contributed by atoms with Crippen LogP contribution in [0.4, 0.5) is 0 Å². The summed E-state index contributed by atoms with van der Waals surface area (Å²) in [7, 11) is 0. The van der Waals surface area contributed by atoms with Gasteiger partial charge >= 0.3 is 0 Å². The Morgan fingerprint density at radius 3 is 3.00 bits per heavy atom. The molecule has 1 aromatic heterocycles. The number of thiazole rings is 1. The van der Waals surface area contributed by atoms with Gasteiger partial charge in [0.1, 0.15) is 4.88 Å². The van der Waals surface area contributed by atoms with Gasteiger partial charge in [-0.15, -0.1) is 6.58 Å². The van der Waals surface area contributed by atoms with Crippen molar-refractivity contribution in [3.63, 3.8) is 0 Å². The standard InChI is InChI=1S/C8H10N2OS2/c1-3-4-9-5(2)6-7(11)10-8(12)13-6/h3,11H,1,4H2,2H3,(H,10,12). The van der Waals surface area contributed by atoms with Crippen molar-refractivity contribution in [3.05, 3.63) is 21.5 Å². The fourth-order valence-corrected chi connectivity index (χ4v) is 1.88. The third kappa shape index (κ3) is 2.50. The zero-order chi connectivity index (χ0) is 9.84. The molecular formula is C8H10N2OS2. The van der Waals surface area contributed by atoms with E-state index in [0.717, 1.165) is 5.71 Å². The second kappa shape index (κ2) is 4.34. The van der Waals surface area contributed by atoms with Crippen molar-refractivity contribution in [2.45, 2.75) is 6.92 Å². The van der Waals surface area contributed by atoms with Gasteiger partial charge in [0.2, 0.25) is 5.88 Å². The predicted octanol–water partition coefficient (Wildman–Crippen LogP) is 2.51. The van der Waals surface area contributed by atoms with E-state index < -0.39 is 0 Å². The molecule has 0 aliphatic rings. The minimum absolute atomic E-state index is 0.0975. The molecule has 70 valence electrons. The Morgan fingerprint density at radius 2 is 2.54 bits per heavy atom. The molecule has 0 saturated heterocycles. The van der Waals surface area contributed by atoms with E-state index in [1.165, 1.54) is 11.3 Å². The second-order valence-electron chi connectivity index (χ2n) is 2.41. The first-order chi connectivity index (χ1) is 6.15. The van der Waals surface area contributed by atoms with Crippen molar-refractivity contribution in [1.82, 2.24) is 4.98 Å². The topological polar surface area (TPSA) is 48.4 Å². The molecule has 0 saturated carbocycles. The molecule has 5 heteroatoms. The van der Waals surface area contributed by atoms with E-state index in [1.807, 2.05) is 6.92 Å². The SMILES string of the molecule is C=CCN=C(C)c1sc(=S)[nH]c1O. The van der Waals surface area contributed by atoms with Crippen LogP contribution in [-0.4, -0.2) is 22.3 Å². The largest absolute Gasteiger partial charge is 0.493 e. The second-order valence-corrected chi connectivity index (χ2v) is 4.09. The van der Waals surface area contributed by atoms with Crippen LogP contribution in [0.1, 0.15) is 11.8 Å². The third-order valence-electron chi connectivity index (χ3n) is 1.42. The summed E-state index contributed by atoms with van der Waals surface area (Å²) >= 11 is 6.20. The van der Waals surface area contributed by atoms with Crippen LogP contribution < -0.4 is 0 Å². The number of rotatable bonds is 3. The first kappa shape index (κ1) is 10.1. The number of H-pyrrole nitrogens is 1. The van der Waals surface area contributed by atoms with E-state index in [9.17, 15) is 5.11 Å². The van der Waals surface area contributed by atoms with Crippen LogP contribution in [0.25, 0.3) is 0 Å². The maximum Gasteiger partial charge on any atom is 0.209 e. The quantitative estimate of drug-likeness (QED) is 0.461. The zero-order valence-electron chi connectivity index (χ0n) is 7.20. The molecule has 0 aliphatic carbocycles. The predicted molar refractivity (Wildman–Crippen MR) is 58.4 cm³/mol. The molecule has 0 radical (unpaired) electrons. The number of aromatic amines is 1. The van der Waals surface area contributed by atoms with Gasteiger partial charge in [-0.05, 0) is 19.1 Å². The number of hydrogen-bond acceptors (Lipinski definition) is 4. The molecule has 1 heterocycles. The Morgan fingerprint density at radius 1 is 1.85 bits per heavy atom. The molecule has 1 rings (SSSR count). The summed E-state index contributed by atoms with van der Waals surface area (Å²) in [5, 5.41) is 9.38. The lowest BCUT2D eigenvalue weighted by Gasteiger charge is -1.94. The molecule has 0 unspecified atom stereocenters. The average Bonchev–Trinajstić information content (AvgIpc) is 2.41. The number of hydrogen-bond donors (Lipinski definition) is 2. The van der Waals surface area contributed by atoms with Gasteiger partial charge in [0.05, 0.1) is 12.3 Å². The molecular weight excluding hydrogens is 204 g/mol. The number of aromatic hydroxyl groups is 1. The summed E-state index contributed by atoms with van der Waals surface area (Å²) < 4.78 is 0.556. The Bertz CT molecular complexity index is 389. The molecule has 0 aromatic carbocycles. The average molecular weight is 214 g/mol. The van der Waals surface area contributed by atoms with E-state index >= 15 is 0 Å². The smallest absolute Gasteiger partial charge is 0.209 e. The summed E-state index contributed by atoms with van der Waals surface area (Å²) in [5.74, 6) is 0.0975. The number of nitrogens with one attached hydrogen (secondary N) is 1. The van der Waals surface area contributed by atoms with Crippen LogP contribution in [-0.2, 0) is 0 Å². The van der Waals surface area contributed by atoms with Crippen LogP contribution in [0.2, 0.25) is 0 Å². The van der Waals surface area contributed by atoms with Crippen molar-refractivity contribution in [2.24, 2.45) is 4.99 Å². The van der Waals surface area contributed by atoms with Gasteiger partial charge < -0.3 is 10.1 Å². The molecule has 3 nitrogen and oxygen atoms in total. The monoisotopic (exact) mass is 214 g/mol. The fraction of sp³-hybridized carbons (Fsp3) is 0.250. The molecule has 0 atom stereocenters. The Balaban J connectivity index is 3.00. The van der Waals surface area contributed by atoms with E-state index in [2.05, 4.69) is 16.6 Å². The van der Waals surface area contributed by atoms with Crippen LogP contribution in [0.5, 0.6) is 5.88 Å². The lowest BCUT2D eigenvalue weighted by Crippen LogP contribution is -1.92. The lowest BCUT2D eigenvalue weighted by molar-refractivity contribution is 0.456. The molecule has 2 N–H and O–H groups in total. The summed E-state index contributed by atoms with van der Waals surface area (Å²) in [5.41, 5.74) is 0.773. The lowest BCUT2D eigenvalue weighted by atomic mass is 10.3. The molecule has 13 heavy (non-hydrogen) atoms. The van der Waals surface area contributed by atoms with Crippen molar-refractivity contribution in [2.75, 3.05) is 6.54 Å². The van der Waals surface area contributed by atoms with Crippen LogP contribution in [0, 0.1) is 3.95 Å². The Hall–Kier alpha value is -0.940. The normalized spacial score (nSPS) is 11.6. The molecule has 0 amide bonds. The molecule has 0 bridgehead atoms. The van der Waals surface area contributed by atoms with E-state index in [1.54, 1.807) is 6.08 Å². The zero-order valence-corrected chi connectivity index (χ0v) is 8.84. The van der Waals surface area contributed by atoms with Gasteiger partial charge in [-0.2, -0.15) is 0 Å². The first-order valence-electron chi connectivity index (χ1n) is 3.69. The van der Waals surface area contributed by atoms with Crippen LogP contribution in [0.15, 0.2) is 17.6 Å². The highest BCUT2D eigenvalue weighted by atomic mass is 32.1. The highest BCUT2D eigenvalue weighted by Crippen LogP contribution is 2.21. The first-order valence-corrected chi connectivity index (χ1v) is 4.92. The molecule has 0 fully saturated rings. The van der Waals surface area contributed by atoms with Crippen LogP contribution in [0.3, 0.4) is 0 Å². The van der Waals surface area contributed by atoms with Gasteiger partial charge in [0.25, 0.3) is 0 Å². The summed E-state index contributed by atoms with van der Waals surface area (Å²) in [6.07, 6.45) is 1.70. The minimum Gasteiger partial charge on any atom is -0.493 e. The van der Waals surface area contributed by atoms with Gasteiger partial charge in [0, 0.05) is 0 Å². The highest BCUT2D eigenvalue weighted by molar-refractivity contribution is 7.73. The van der Waals surface area contributed by atoms with Crippen molar-refractivity contribution in [1.29, 1.82) is 0 Å². The molecule has 0 spiro atoms. The van der Waals surface area contributed by atoms with E-state index in [0.29, 0.717) is 15.4 Å². The van der Waals surface area contributed by atoms with Crippen molar-refractivity contribution in [3.8, 4) is 5.88 Å². The fourth-order valence-electron chi connectivity index (χ4n) is 0.838. The summed E-state index contributed by atoms with van der Waals surface area (Å²) in [6.45, 7) is 5.94. The summed E-state index contributed by atoms with van der Waals surface area (Å²) in [4.78, 5) is 7.52. The Labute approximate surface area is 85.5 Å². The molecule has 1 aromatic rings. The maximum atomic E-state index is 9.38. The van der Waals surface area contributed by atoms with Crippen molar-refractivity contribution >= 4 is 29.3 Å². The van der Waals surface area contributed by atoms with Gasteiger partial charge in [0.15, 0.2) is 3.95 Å². The minimum atomic E-state index is 0.0975. The summed E-state index contributed by atoms with van der Waals surface area (Å²) in [6, 6.07) is 0. The highest BCUT2D eigenvalue weighted by Gasteiger charge is 2.06. The molecule has 0 aliphatic heterocycles. The Kier molecular flexibility index (Phi) is 3.39. The van der Waals surface area contributed by atoms with E-state index in [-0.39, 0.29) is 5.88 Å². The maximum absolute atomic E-state index is 9.38. The van der Waals surface area contributed by atoms with Gasteiger partial charge in [-0.25, -0.2) is 0 Å². The van der Waals surface area contributed by atoms with Gasteiger partial charge in [-0.3, -0.25) is 4.99 Å². The van der Waals surface area contributed by atoms with Crippen LogP contribution >= 0.6 is 23.6 Å². The number of aliphatic imine (C=N–C) groups is 1. The number of nitrogens with zero attached hydrogens (tertiary/aromatic N) is 1. The van der Waals surface area contributed by atoms with Crippen molar-refractivity contribution < 1.29 is 5.11 Å².